The molecule has 0 aliphatic carbocycles. The van der Waals surface area contributed by atoms with Crippen molar-refractivity contribution in [3.8, 4) is 0 Å². The predicted octanol–water partition coefficient (Wildman–Crippen LogP) is 4.48. The summed E-state index contributed by atoms with van der Waals surface area (Å²) >= 11 is 3.53. The Hall–Kier alpha value is -1.12. The van der Waals surface area contributed by atoms with Crippen molar-refractivity contribution in [3.05, 3.63) is 0 Å². The number of nitrogens with zero attached hydrogens (tertiary/aromatic N) is 1. The van der Waals surface area contributed by atoms with Crippen LogP contribution in [0.1, 0.15) is 13.3 Å². The van der Waals surface area contributed by atoms with E-state index in [2.05, 4.69) is 21.6 Å². The van der Waals surface area contributed by atoms with Crippen LogP contribution in [0, 0.1) is 0 Å². The lowest BCUT2D eigenvalue weighted by Gasteiger charge is -2.42. The van der Waals surface area contributed by atoms with Gasteiger partial charge in [0.15, 0.2) is 0 Å². The van der Waals surface area contributed by atoms with E-state index in [-0.39, 0.29) is 0 Å². The van der Waals surface area contributed by atoms with E-state index in [1.807, 2.05) is 0 Å². The highest BCUT2D eigenvalue weighted by atomic mass is 35.5. The van der Waals surface area contributed by atoms with Crippen molar-refractivity contribution < 1.29 is 62.6 Å². The molecule has 154 valence electrons. The fourth-order valence-electron chi connectivity index (χ4n) is 1.75. The molecule has 0 amide bonds. The second kappa shape index (κ2) is 5.69. The maximum Gasteiger partial charge on any atom is 0.393 e. The van der Waals surface area contributed by atoms with Gasteiger partial charge in [-0.25, -0.2) is 0 Å². The van der Waals surface area contributed by atoms with Crippen molar-refractivity contribution in [1.29, 1.82) is 0 Å². The molecule has 1 N–H and O–H groups in total. The highest BCUT2D eigenvalue weighted by Crippen LogP contribution is 2.62. The van der Waals surface area contributed by atoms with Crippen LogP contribution < -0.4 is 0 Å². The van der Waals surface area contributed by atoms with Crippen molar-refractivity contribution in [3.63, 3.8) is 0 Å². The number of rotatable bonds is 6. The van der Waals surface area contributed by atoms with Gasteiger partial charge in [-0.1, -0.05) is 5.16 Å². The van der Waals surface area contributed by atoms with E-state index in [1.165, 1.54) is 0 Å². The summed E-state index contributed by atoms with van der Waals surface area (Å²) in [5.74, 6) is -41.9. The number of hydrogen-bond donors (Lipinski definition) is 1. The molecule has 16 heteroatoms. The highest BCUT2D eigenvalue weighted by Gasteiger charge is 2.92. The van der Waals surface area contributed by atoms with Crippen LogP contribution in [0.3, 0.4) is 0 Å². The van der Waals surface area contributed by atoms with Gasteiger partial charge in [0, 0.05) is 0 Å². The largest absolute Gasteiger partial charge is 0.393 e. The molecule has 0 radical (unpaired) electrons. The van der Waals surface area contributed by atoms with Gasteiger partial charge in [-0.3, -0.25) is 0 Å². The predicted molar refractivity (Wildman–Crippen MR) is 59.3 cm³/mol. The standard InChI is InChI=1S/C10H6ClF12NO2/c1-3-2-4(25,26-24-3)5(12,13)6(14,15)7(16,17)8(18,19)9(20,21)10(11,22)23/h25H,2H2,1H3. The highest BCUT2D eigenvalue weighted by molar-refractivity contribution is 6.22. The summed E-state index contributed by atoms with van der Waals surface area (Å²) < 4.78 is 158. The van der Waals surface area contributed by atoms with Gasteiger partial charge >= 0.3 is 40.8 Å². The van der Waals surface area contributed by atoms with Gasteiger partial charge in [0.25, 0.3) is 0 Å². The van der Waals surface area contributed by atoms with Gasteiger partial charge in [-0.2, -0.15) is 52.7 Å². The van der Waals surface area contributed by atoms with Crippen molar-refractivity contribution in [2.45, 2.75) is 54.1 Å². The summed E-state index contributed by atoms with van der Waals surface area (Å²) in [6.45, 7) is 0.765. The minimum Gasteiger partial charge on any atom is -0.353 e. The zero-order valence-corrected chi connectivity index (χ0v) is 12.7. The maximum absolute atomic E-state index is 13.7. The molecule has 0 bridgehead atoms. The molecular formula is C10H6ClF12NO2. The normalized spacial score (nSPS) is 23.7. The van der Waals surface area contributed by atoms with E-state index >= 15 is 0 Å². The Morgan fingerprint density at radius 2 is 1.23 bits per heavy atom. The Morgan fingerprint density at radius 3 is 1.54 bits per heavy atom. The molecule has 0 aromatic rings. The Kier molecular flexibility index (Phi) is 5.01. The summed E-state index contributed by atoms with van der Waals surface area (Å²) in [7, 11) is 0. The number of oxime groups is 1. The third kappa shape index (κ3) is 2.68. The van der Waals surface area contributed by atoms with Crippen molar-refractivity contribution in [1.82, 2.24) is 0 Å². The third-order valence-corrected chi connectivity index (χ3v) is 3.51. The first kappa shape index (κ1) is 22.9. The van der Waals surface area contributed by atoms with Crippen LogP contribution in [0.2, 0.25) is 0 Å². The second-order valence-electron chi connectivity index (χ2n) is 5.25. The van der Waals surface area contributed by atoms with Crippen LogP contribution in [-0.4, -0.2) is 51.6 Å². The lowest BCUT2D eigenvalue weighted by molar-refractivity contribution is -0.450. The number of alkyl halides is 13. The smallest absolute Gasteiger partial charge is 0.353 e. The van der Waals surface area contributed by atoms with Crippen LogP contribution in [0.5, 0.6) is 0 Å². The third-order valence-electron chi connectivity index (χ3n) is 3.27. The summed E-state index contributed by atoms with van der Waals surface area (Å²) in [6.07, 6.45) is -1.71. The molecule has 26 heavy (non-hydrogen) atoms. The molecule has 0 saturated heterocycles. The fourth-order valence-corrected chi connectivity index (χ4v) is 1.87. The molecular weight excluding hydrogens is 430 g/mol. The van der Waals surface area contributed by atoms with Gasteiger partial charge in [-0.05, 0) is 18.5 Å². The van der Waals surface area contributed by atoms with Gasteiger partial charge in [-0.15, -0.1) is 0 Å². The molecule has 1 aliphatic heterocycles. The molecule has 1 atom stereocenters. The Balaban J connectivity index is 3.49. The molecule has 1 rings (SSSR count). The van der Waals surface area contributed by atoms with Crippen LogP contribution in [-0.2, 0) is 4.84 Å². The number of aliphatic hydroxyl groups is 1. The first-order valence-corrected chi connectivity index (χ1v) is 6.38. The summed E-state index contributed by atoms with van der Waals surface area (Å²) in [4.78, 5) is 3.44. The van der Waals surface area contributed by atoms with Crippen LogP contribution in [0.25, 0.3) is 0 Å². The monoisotopic (exact) mass is 435 g/mol. The Morgan fingerprint density at radius 1 is 0.846 bits per heavy atom. The molecule has 0 spiro atoms. The number of halogens is 13. The van der Waals surface area contributed by atoms with Gasteiger partial charge in [0.05, 0.1) is 12.1 Å². The summed E-state index contributed by atoms with van der Waals surface area (Å²) in [6, 6.07) is 0. The Labute approximate surface area is 140 Å². The van der Waals surface area contributed by atoms with Crippen molar-refractivity contribution >= 4 is 17.3 Å². The topological polar surface area (TPSA) is 41.8 Å². The van der Waals surface area contributed by atoms with Crippen LogP contribution in [0.15, 0.2) is 5.16 Å². The summed E-state index contributed by atoms with van der Waals surface area (Å²) in [5, 5.41) is 5.22. The second-order valence-corrected chi connectivity index (χ2v) is 5.72. The molecule has 1 unspecified atom stereocenters. The zero-order chi connectivity index (χ0) is 21.2. The summed E-state index contributed by atoms with van der Waals surface area (Å²) in [5.41, 5.74) is -0.685. The fraction of sp³-hybridized carbons (Fsp3) is 0.900. The van der Waals surface area contributed by atoms with E-state index in [1.54, 1.807) is 0 Å². The van der Waals surface area contributed by atoms with E-state index in [9.17, 15) is 57.8 Å². The molecule has 0 aromatic carbocycles. The Bertz CT molecular complexity index is 601. The molecule has 0 aromatic heterocycles. The molecule has 1 heterocycles. The average molecular weight is 436 g/mol. The quantitative estimate of drug-likeness (QED) is 0.494. The van der Waals surface area contributed by atoms with Gasteiger partial charge < -0.3 is 9.94 Å². The van der Waals surface area contributed by atoms with Gasteiger partial charge in [0.1, 0.15) is 0 Å². The molecule has 0 saturated carbocycles. The molecule has 0 fully saturated rings. The molecule has 1 aliphatic rings. The maximum atomic E-state index is 13.7. The van der Waals surface area contributed by atoms with E-state index in [0.717, 1.165) is 6.92 Å². The first-order chi connectivity index (χ1) is 11.1. The van der Waals surface area contributed by atoms with E-state index in [4.69, 9.17) is 0 Å². The average Bonchev–Trinajstić information content (AvgIpc) is 2.77. The van der Waals surface area contributed by atoms with Crippen molar-refractivity contribution in [2.75, 3.05) is 0 Å². The SMILES string of the molecule is CC1=NOC(O)(C(F)(F)C(F)(F)C(F)(F)C(F)(F)C(F)(F)C(F)(F)Cl)C1. The van der Waals surface area contributed by atoms with Crippen LogP contribution >= 0.6 is 11.6 Å². The molecule has 3 nitrogen and oxygen atoms in total. The zero-order valence-electron chi connectivity index (χ0n) is 11.9. The van der Waals surface area contributed by atoms with E-state index in [0.29, 0.717) is 0 Å². The van der Waals surface area contributed by atoms with Crippen LogP contribution in [0.4, 0.5) is 52.7 Å². The van der Waals surface area contributed by atoms with Crippen molar-refractivity contribution in [2.24, 2.45) is 5.16 Å². The minimum atomic E-state index is -7.83. The minimum absolute atomic E-state index is 0.685. The first-order valence-electron chi connectivity index (χ1n) is 6.00. The number of hydrogen-bond acceptors (Lipinski definition) is 3. The lowest BCUT2D eigenvalue weighted by Crippen LogP contribution is -2.73. The van der Waals surface area contributed by atoms with Gasteiger partial charge in [0.2, 0.25) is 0 Å². The van der Waals surface area contributed by atoms with E-state index < -0.39 is 52.9 Å². The lowest BCUT2D eigenvalue weighted by atomic mass is 9.88.